The maximum absolute atomic E-state index is 13.1. The van der Waals surface area contributed by atoms with E-state index >= 15 is 0 Å². The first kappa shape index (κ1) is 31.1. The predicted molar refractivity (Wildman–Crippen MR) is 125 cm³/mol. The Hall–Kier alpha value is -1.90. The first-order valence-electron chi connectivity index (χ1n) is 10.9. The number of likely N-dealkylation sites (tertiary alicyclic amines) is 1. The quantitative estimate of drug-likeness (QED) is 0.292. The van der Waals surface area contributed by atoms with Gasteiger partial charge in [-0.05, 0) is 48.4 Å². The number of benzene rings is 2. The van der Waals surface area contributed by atoms with E-state index < -0.39 is 37.8 Å². The molecule has 2 aromatic carbocycles. The Morgan fingerprint density at radius 1 is 1.11 bits per heavy atom. The third-order valence-corrected chi connectivity index (χ3v) is 6.99. The van der Waals surface area contributed by atoms with E-state index in [1.807, 2.05) is 30.3 Å². The molecule has 35 heavy (non-hydrogen) atoms. The maximum Gasteiger partial charge on any atom is 1.00 e. The fourth-order valence-corrected chi connectivity index (χ4v) is 4.91. The average Bonchev–Trinajstić information content (AvgIpc) is 3.32. The molecule has 1 aliphatic rings. The summed E-state index contributed by atoms with van der Waals surface area (Å²) < 4.78 is 18.7. The summed E-state index contributed by atoms with van der Waals surface area (Å²) in [5, 5.41) is 12.1. The molecule has 1 heterocycles. The molecule has 0 aliphatic carbocycles. The van der Waals surface area contributed by atoms with E-state index in [2.05, 4.69) is 5.32 Å². The number of carbonyl (C=O) groups excluding carboxylic acids is 2. The minimum absolute atomic E-state index is 0. The van der Waals surface area contributed by atoms with Crippen LogP contribution in [0.15, 0.2) is 60.7 Å². The predicted octanol–water partition coefficient (Wildman–Crippen LogP) is -2.17. The molecule has 2 N–H and O–H groups in total. The van der Waals surface area contributed by atoms with Gasteiger partial charge in [-0.3, -0.25) is 9.59 Å². The monoisotopic (exact) mass is 487 g/mol. The van der Waals surface area contributed by atoms with Crippen molar-refractivity contribution in [1.29, 1.82) is 0 Å². The molecule has 2 aromatic rings. The van der Waals surface area contributed by atoms with Gasteiger partial charge in [-0.2, -0.15) is 0 Å². The number of carbonyl (C=O) groups is 3. The summed E-state index contributed by atoms with van der Waals surface area (Å²) in [6.45, 7) is 1.78. The number of hydrogen-bond acceptors (Lipinski definition) is 5. The van der Waals surface area contributed by atoms with Crippen LogP contribution in [0, 0.1) is 0 Å². The SMILES string of the molecule is C[C@H](O[P+](=O)C(CCc1ccccc1)NC(=O)c1ccccc1)C(=O)N1CCC[C@H]1C(=O)O.[H-].[H-].[Li+].[Li+]. The molecule has 11 heteroatoms. The van der Waals surface area contributed by atoms with Crippen LogP contribution in [0.5, 0.6) is 0 Å². The summed E-state index contributed by atoms with van der Waals surface area (Å²) in [6, 6.07) is 17.3. The van der Waals surface area contributed by atoms with Crippen LogP contribution in [0.4, 0.5) is 0 Å². The average molecular weight is 487 g/mol. The molecule has 1 aliphatic heterocycles. The second-order valence-corrected chi connectivity index (χ2v) is 9.35. The van der Waals surface area contributed by atoms with Gasteiger partial charge in [0.1, 0.15) is 6.04 Å². The molecule has 1 saturated heterocycles. The molecule has 1 fully saturated rings. The van der Waals surface area contributed by atoms with Crippen LogP contribution in [0.25, 0.3) is 0 Å². The summed E-state index contributed by atoms with van der Waals surface area (Å²) in [5.74, 6) is -2.78. The molecule has 2 unspecified atom stereocenters. The Morgan fingerprint density at radius 3 is 2.31 bits per heavy atom. The van der Waals surface area contributed by atoms with Gasteiger partial charge in [-0.25, -0.2) is 4.79 Å². The van der Waals surface area contributed by atoms with Crippen molar-refractivity contribution in [3.05, 3.63) is 71.8 Å². The fourth-order valence-electron chi connectivity index (χ4n) is 3.80. The Bertz CT molecular complexity index is 1010. The van der Waals surface area contributed by atoms with Crippen LogP contribution in [0.1, 0.15) is 45.0 Å². The zero-order valence-electron chi connectivity index (χ0n) is 22.4. The van der Waals surface area contributed by atoms with Crippen LogP contribution in [-0.4, -0.2) is 52.3 Å². The van der Waals surface area contributed by atoms with Crippen LogP contribution >= 0.6 is 8.03 Å². The molecule has 0 bridgehead atoms. The Balaban J connectivity index is 0. The van der Waals surface area contributed by atoms with Crippen molar-refractivity contribution in [2.75, 3.05) is 6.54 Å². The number of rotatable bonds is 10. The van der Waals surface area contributed by atoms with Crippen LogP contribution in [-0.2, 0) is 25.1 Å². The van der Waals surface area contributed by atoms with E-state index in [-0.39, 0.29) is 46.5 Å². The number of amides is 2. The third kappa shape index (κ3) is 8.92. The van der Waals surface area contributed by atoms with Gasteiger partial charge in [0.05, 0.1) is 0 Å². The minimum Gasteiger partial charge on any atom is -1.00 e. The Kier molecular flexibility index (Phi) is 13.6. The van der Waals surface area contributed by atoms with Gasteiger partial charge in [0, 0.05) is 18.5 Å². The van der Waals surface area contributed by atoms with Gasteiger partial charge in [0.25, 0.3) is 17.6 Å². The van der Waals surface area contributed by atoms with Crippen molar-refractivity contribution in [1.82, 2.24) is 10.2 Å². The summed E-state index contributed by atoms with van der Waals surface area (Å²) in [6.07, 6.45) is 0.781. The van der Waals surface area contributed by atoms with E-state index in [1.54, 1.807) is 30.3 Å². The smallest absolute Gasteiger partial charge is 1.00 e. The number of nitrogens with zero attached hydrogens (tertiary/aromatic N) is 1. The van der Waals surface area contributed by atoms with E-state index in [9.17, 15) is 24.1 Å². The number of carboxylic acids is 1. The van der Waals surface area contributed by atoms with Gasteiger partial charge in [-0.1, -0.05) is 48.5 Å². The maximum atomic E-state index is 13.1. The molecule has 8 nitrogen and oxygen atoms in total. The summed E-state index contributed by atoms with van der Waals surface area (Å²) in [5.41, 5.74) is 1.45. The van der Waals surface area contributed by atoms with Crippen molar-refractivity contribution in [3.63, 3.8) is 0 Å². The van der Waals surface area contributed by atoms with Crippen molar-refractivity contribution >= 4 is 25.8 Å². The summed E-state index contributed by atoms with van der Waals surface area (Å²) in [7, 11) is -2.46. The molecule has 4 atom stereocenters. The van der Waals surface area contributed by atoms with Crippen LogP contribution < -0.4 is 43.0 Å². The van der Waals surface area contributed by atoms with E-state index in [0.717, 1.165) is 5.56 Å². The topological polar surface area (TPSA) is 113 Å². The Morgan fingerprint density at radius 2 is 1.71 bits per heavy atom. The Labute approximate surface area is 233 Å². The standard InChI is InChI=1S/C24H27N2O6P.2Li.2H/c1-17(23(28)26-16-8-13-20(26)24(29)30)32-33(31)21(15-14-18-9-4-2-5-10-18)25-22(27)19-11-6-3-7-12-19;;;;/h2-7,9-12,17,20-21H,8,13-16H2,1H3,(H-,25,27,29,30);;;;/q;2*+1;2*-1/p+1/t17-,20-,21?;;;;/m0..../s1. The fraction of sp³-hybridized carbons (Fsp3) is 0.375. The minimum atomic E-state index is -2.46. The number of nitrogens with one attached hydrogen (secondary N) is 1. The molecule has 3 rings (SSSR count). The molecule has 0 aromatic heterocycles. The normalized spacial score (nSPS) is 16.8. The molecule has 2 amide bonds. The van der Waals surface area contributed by atoms with Crippen molar-refractivity contribution in [3.8, 4) is 0 Å². The van der Waals surface area contributed by atoms with Gasteiger partial charge in [-0.15, -0.1) is 4.52 Å². The zero-order chi connectivity index (χ0) is 23.8. The second-order valence-electron chi connectivity index (χ2n) is 7.94. The largest absolute Gasteiger partial charge is 1.00 e. The summed E-state index contributed by atoms with van der Waals surface area (Å²) >= 11 is 0. The first-order chi connectivity index (χ1) is 15.9. The van der Waals surface area contributed by atoms with Crippen LogP contribution in [0.2, 0.25) is 0 Å². The molecular formula is C24H30Li2N2O6P+. The van der Waals surface area contributed by atoms with Crippen molar-refractivity contribution in [2.24, 2.45) is 0 Å². The van der Waals surface area contributed by atoms with Gasteiger partial charge < -0.3 is 18.2 Å². The number of aryl methyl sites for hydroxylation is 1. The van der Waals surface area contributed by atoms with E-state index in [1.165, 1.54) is 11.8 Å². The second kappa shape index (κ2) is 15.3. The van der Waals surface area contributed by atoms with E-state index in [4.69, 9.17) is 4.52 Å². The third-order valence-electron chi connectivity index (χ3n) is 5.57. The van der Waals surface area contributed by atoms with Crippen molar-refractivity contribution < 1.29 is 69.2 Å². The number of aliphatic carboxylic acids is 1. The van der Waals surface area contributed by atoms with Gasteiger partial charge in [0.2, 0.25) is 0 Å². The summed E-state index contributed by atoms with van der Waals surface area (Å²) in [4.78, 5) is 38.1. The molecule has 0 saturated carbocycles. The van der Waals surface area contributed by atoms with Crippen LogP contribution in [0.3, 0.4) is 0 Å². The molecular weight excluding hydrogens is 457 g/mol. The van der Waals surface area contributed by atoms with Crippen molar-refractivity contribution in [2.45, 2.75) is 50.5 Å². The zero-order valence-corrected chi connectivity index (χ0v) is 21.3. The number of carboxylic acid groups (broad SMARTS) is 1. The van der Waals surface area contributed by atoms with Gasteiger partial charge >= 0.3 is 51.7 Å². The van der Waals surface area contributed by atoms with Gasteiger partial charge in [0.15, 0.2) is 6.10 Å². The van der Waals surface area contributed by atoms with E-state index in [0.29, 0.717) is 37.8 Å². The molecule has 178 valence electrons. The number of hydrogen-bond donors (Lipinski definition) is 2. The molecule has 0 radical (unpaired) electrons. The first-order valence-corrected chi connectivity index (χ1v) is 12.2. The molecule has 0 spiro atoms.